The summed E-state index contributed by atoms with van der Waals surface area (Å²) in [7, 11) is 0. The summed E-state index contributed by atoms with van der Waals surface area (Å²) >= 11 is 7.31. The molecule has 0 radical (unpaired) electrons. The summed E-state index contributed by atoms with van der Waals surface area (Å²) in [5.41, 5.74) is 1.75. The van der Waals surface area contributed by atoms with Crippen LogP contribution in [0.25, 0.3) is 0 Å². The number of aliphatic imine (C=N–C) groups is 1. The maximum Gasteiger partial charge on any atom is 0.253 e. The molecule has 1 aliphatic rings. The highest BCUT2D eigenvalue weighted by Gasteiger charge is 2.17. The number of amides is 1. The third-order valence-electron chi connectivity index (χ3n) is 4.99. The van der Waals surface area contributed by atoms with Crippen molar-refractivity contribution in [2.45, 2.75) is 38.8 Å². The van der Waals surface area contributed by atoms with Crippen LogP contribution in [0.2, 0.25) is 4.34 Å². The molecule has 1 fully saturated rings. The molecule has 9 heteroatoms. The van der Waals surface area contributed by atoms with Gasteiger partial charge in [-0.15, -0.1) is 35.3 Å². The summed E-state index contributed by atoms with van der Waals surface area (Å²) in [4.78, 5) is 19.9. The summed E-state index contributed by atoms with van der Waals surface area (Å²) in [5, 5.41) is 16.6. The number of nitrogens with zero attached hydrogens (tertiary/aromatic N) is 2. The number of aliphatic hydroxyl groups is 1. The lowest BCUT2D eigenvalue weighted by Crippen LogP contribution is -2.39. The van der Waals surface area contributed by atoms with E-state index in [1.54, 1.807) is 6.07 Å². The molecule has 2 heterocycles. The predicted molar refractivity (Wildman–Crippen MR) is 139 cm³/mol. The lowest BCUT2D eigenvalue weighted by Gasteiger charge is -2.26. The number of piperidine rings is 1. The number of likely N-dealkylation sites (tertiary alicyclic amines) is 1. The van der Waals surface area contributed by atoms with Crippen molar-refractivity contribution in [3.05, 3.63) is 56.7 Å². The molecule has 0 aliphatic carbocycles. The van der Waals surface area contributed by atoms with Crippen LogP contribution < -0.4 is 10.6 Å². The molecule has 1 unspecified atom stereocenters. The van der Waals surface area contributed by atoms with Crippen LogP contribution in [0.5, 0.6) is 0 Å². The molecule has 1 amide bonds. The Morgan fingerprint density at radius 2 is 1.87 bits per heavy atom. The van der Waals surface area contributed by atoms with Crippen LogP contribution in [0.3, 0.4) is 0 Å². The molecule has 3 rings (SSSR count). The van der Waals surface area contributed by atoms with Crippen molar-refractivity contribution in [2.24, 2.45) is 4.99 Å². The van der Waals surface area contributed by atoms with E-state index in [-0.39, 0.29) is 29.9 Å². The van der Waals surface area contributed by atoms with Gasteiger partial charge in [-0.05, 0) is 56.0 Å². The van der Waals surface area contributed by atoms with Crippen LogP contribution in [0, 0.1) is 0 Å². The number of nitrogens with one attached hydrogen (secondary N) is 2. The van der Waals surface area contributed by atoms with E-state index < -0.39 is 6.10 Å². The number of hydrogen-bond acceptors (Lipinski definition) is 4. The third kappa shape index (κ3) is 7.93. The van der Waals surface area contributed by atoms with Crippen LogP contribution >= 0.6 is 46.9 Å². The summed E-state index contributed by atoms with van der Waals surface area (Å²) in [6.45, 7) is 5.24. The zero-order valence-corrected chi connectivity index (χ0v) is 21.5. The van der Waals surface area contributed by atoms with Crippen molar-refractivity contribution in [1.82, 2.24) is 15.5 Å². The molecule has 6 nitrogen and oxygen atoms in total. The van der Waals surface area contributed by atoms with E-state index in [0.717, 1.165) is 48.5 Å². The summed E-state index contributed by atoms with van der Waals surface area (Å²) in [6, 6.07) is 11.3. The second-order valence-corrected chi connectivity index (χ2v) is 9.03. The van der Waals surface area contributed by atoms with Gasteiger partial charge in [0.25, 0.3) is 5.91 Å². The molecule has 1 aromatic heterocycles. The smallest absolute Gasteiger partial charge is 0.253 e. The molecular formula is C22H30ClIN4O2S. The number of thiophene rings is 1. The first kappa shape index (κ1) is 25.9. The second-order valence-electron chi connectivity index (χ2n) is 7.28. The summed E-state index contributed by atoms with van der Waals surface area (Å²) < 4.78 is 0.659. The van der Waals surface area contributed by atoms with Gasteiger partial charge in [0.05, 0.1) is 10.9 Å². The minimum absolute atomic E-state index is 0. The lowest BCUT2D eigenvalue weighted by atomic mass is 10.1. The van der Waals surface area contributed by atoms with Crippen LogP contribution in [-0.4, -0.2) is 48.1 Å². The van der Waals surface area contributed by atoms with E-state index in [2.05, 4.69) is 15.6 Å². The zero-order valence-electron chi connectivity index (χ0n) is 17.6. The van der Waals surface area contributed by atoms with Crippen LogP contribution in [0.4, 0.5) is 0 Å². The first-order valence-corrected chi connectivity index (χ1v) is 11.6. The Bertz CT molecular complexity index is 853. The van der Waals surface area contributed by atoms with E-state index in [9.17, 15) is 9.90 Å². The molecule has 0 bridgehead atoms. The van der Waals surface area contributed by atoms with Crippen molar-refractivity contribution in [3.8, 4) is 0 Å². The number of benzene rings is 1. The Kier molecular flexibility index (Phi) is 11.1. The SMILES string of the molecule is CCNC(=NCc1ccc(C(=O)N2CCCCC2)cc1)NCC(O)c1ccc(Cl)s1.I. The van der Waals surface area contributed by atoms with Crippen molar-refractivity contribution >= 4 is 58.8 Å². The van der Waals surface area contributed by atoms with Crippen molar-refractivity contribution < 1.29 is 9.90 Å². The zero-order chi connectivity index (χ0) is 21.3. The molecule has 1 atom stereocenters. The fourth-order valence-electron chi connectivity index (χ4n) is 3.35. The van der Waals surface area contributed by atoms with Crippen LogP contribution in [-0.2, 0) is 6.54 Å². The first-order chi connectivity index (χ1) is 14.6. The molecule has 3 N–H and O–H groups in total. The largest absolute Gasteiger partial charge is 0.386 e. The van der Waals surface area contributed by atoms with Crippen molar-refractivity contribution in [2.75, 3.05) is 26.2 Å². The van der Waals surface area contributed by atoms with Gasteiger partial charge in [-0.25, -0.2) is 4.99 Å². The maximum atomic E-state index is 12.6. The molecule has 1 aromatic carbocycles. The lowest BCUT2D eigenvalue weighted by molar-refractivity contribution is 0.0724. The van der Waals surface area contributed by atoms with Crippen LogP contribution in [0.1, 0.15) is 53.1 Å². The van der Waals surface area contributed by atoms with Gasteiger partial charge in [-0.2, -0.15) is 0 Å². The minimum atomic E-state index is -0.647. The molecule has 2 aromatic rings. The van der Waals surface area contributed by atoms with Crippen LogP contribution in [0.15, 0.2) is 41.4 Å². The van der Waals surface area contributed by atoms with Gasteiger partial charge in [0.1, 0.15) is 6.10 Å². The van der Waals surface area contributed by atoms with E-state index in [4.69, 9.17) is 11.6 Å². The fraction of sp³-hybridized carbons (Fsp3) is 0.455. The number of halogens is 2. The average molecular weight is 577 g/mol. The Balaban J connectivity index is 0.00000341. The van der Waals surface area contributed by atoms with Gasteiger partial charge in [0, 0.05) is 36.6 Å². The van der Waals surface area contributed by atoms with E-state index >= 15 is 0 Å². The Hall–Kier alpha value is -1.36. The number of guanidine groups is 1. The predicted octanol–water partition coefficient (Wildman–Crippen LogP) is 4.43. The Labute approximate surface area is 210 Å². The Morgan fingerprint density at radius 3 is 2.48 bits per heavy atom. The maximum absolute atomic E-state index is 12.6. The second kappa shape index (κ2) is 13.2. The quantitative estimate of drug-likeness (QED) is 0.259. The molecule has 0 spiro atoms. The molecule has 1 saturated heterocycles. The van der Waals surface area contributed by atoms with Gasteiger partial charge in [0.15, 0.2) is 5.96 Å². The normalized spacial score (nSPS) is 15.2. The average Bonchev–Trinajstić information content (AvgIpc) is 3.22. The van der Waals surface area contributed by atoms with E-state index in [1.165, 1.54) is 17.8 Å². The van der Waals surface area contributed by atoms with E-state index in [1.807, 2.05) is 42.2 Å². The van der Waals surface area contributed by atoms with Gasteiger partial charge < -0.3 is 20.6 Å². The summed E-state index contributed by atoms with van der Waals surface area (Å²) in [6.07, 6.45) is 2.74. The van der Waals surface area contributed by atoms with Crippen molar-refractivity contribution in [1.29, 1.82) is 0 Å². The van der Waals surface area contributed by atoms with Gasteiger partial charge in [-0.1, -0.05) is 23.7 Å². The van der Waals surface area contributed by atoms with Gasteiger partial charge in [0.2, 0.25) is 0 Å². The summed E-state index contributed by atoms with van der Waals surface area (Å²) in [5.74, 6) is 0.745. The number of carbonyl (C=O) groups excluding carboxylic acids is 1. The third-order valence-corrected chi connectivity index (χ3v) is 6.33. The van der Waals surface area contributed by atoms with Gasteiger partial charge in [-0.3, -0.25) is 4.79 Å². The van der Waals surface area contributed by atoms with E-state index in [0.29, 0.717) is 23.4 Å². The number of aliphatic hydroxyl groups excluding tert-OH is 1. The molecular weight excluding hydrogens is 547 g/mol. The molecule has 0 saturated carbocycles. The molecule has 170 valence electrons. The topological polar surface area (TPSA) is 77.0 Å². The highest BCUT2D eigenvalue weighted by Crippen LogP contribution is 2.26. The Morgan fingerprint density at radius 1 is 1.16 bits per heavy atom. The van der Waals surface area contributed by atoms with Gasteiger partial charge >= 0.3 is 0 Å². The molecule has 1 aliphatic heterocycles. The first-order valence-electron chi connectivity index (χ1n) is 10.4. The number of hydrogen-bond donors (Lipinski definition) is 3. The highest BCUT2D eigenvalue weighted by molar-refractivity contribution is 14.0. The minimum Gasteiger partial charge on any atom is -0.386 e. The standard InChI is InChI=1S/C22H29ClN4O2S.HI/c1-2-24-22(26-15-18(28)19-10-11-20(23)30-19)25-14-16-6-8-17(9-7-16)21(29)27-12-4-3-5-13-27;/h6-11,18,28H,2-5,12-15H2,1H3,(H2,24,25,26);1H. The highest BCUT2D eigenvalue weighted by atomic mass is 127. The van der Waals surface area contributed by atoms with Crippen molar-refractivity contribution in [3.63, 3.8) is 0 Å². The number of carbonyl (C=O) groups is 1. The fourth-order valence-corrected chi connectivity index (χ4v) is 4.39. The number of rotatable bonds is 7. The molecule has 31 heavy (non-hydrogen) atoms. The monoisotopic (exact) mass is 576 g/mol.